The quantitative estimate of drug-likeness (QED) is 0.790. The van der Waals surface area contributed by atoms with Crippen LogP contribution in [-0.4, -0.2) is 40.0 Å². The Morgan fingerprint density at radius 1 is 1.44 bits per heavy atom. The summed E-state index contributed by atoms with van der Waals surface area (Å²) in [5, 5.41) is 8.72. The van der Waals surface area contributed by atoms with Gasteiger partial charge in [0.2, 0.25) is 0 Å². The average Bonchev–Trinajstić information content (AvgIpc) is 2.62. The highest BCUT2D eigenvalue weighted by Crippen LogP contribution is 2.10. The van der Waals surface area contributed by atoms with Gasteiger partial charge in [-0.1, -0.05) is 6.92 Å². The minimum Gasteiger partial charge on any atom is -0.480 e. The molecule has 0 fully saturated rings. The van der Waals surface area contributed by atoms with E-state index in [1.807, 2.05) is 13.8 Å². The number of carbonyl (C=O) groups is 2. The Bertz CT molecular complexity index is 384. The van der Waals surface area contributed by atoms with E-state index in [4.69, 9.17) is 5.11 Å². The number of carboxylic acid groups (broad SMARTS) is 1. The van der Waals surface area contributed by atoms with Gasteiger partial charge in [-0.05, 0) is 18.9 Å². The second-order valence-electron chi connectivity index (χ2n) is 3.67. The van der Waals surface area contributed by atoms with E-state index in [0.29, 0.717) is 12.1 Å². The Morgan fingerprint density at radius 3 is 2.56 bits per heavy atom. The summed E-state index contributed by atoms with van der Waals surface area (Å²) < 4.78 is 0. The maximum atomic E-state index is 12.0. The number of H-pyrrole nitrogens is 1. The lowest BCUT2D eigenvalue weighted by atomic mass is 10.2. The van der Waals surface area contributed by atoms with Crippen LogP contribution in [0.1, 0.15) is 29.3 Å². The smallest absolute Gasteiger partial charge is 0.323 e. The van der Waals surface area contributed by atoms with Crippen LogP contribution in [-0.2, 0) is 4.79 Å². The first-order valence-corrected chi connectivity index (χ1v) is 5.20. The Hall–Kier alpha value is -1.78. The molecule has 5 nitrogen and oxygen atoms in total. The topological polar surface area (TPSA) is 73.4 Å². The van der Waals surface area contributed by atoms with Gasteiger partial charge >= 0.3 is 5.97 Å². The van der Waals surface area contributed by atoms with Gasteiger partial charge in [-0.3, -0.25) is 9.59 Å². The van der Waals surface area contributed by atoms with Crippen molar-refractivity contribution in [3.8, 4) is 0 Å². The summed E-state index contributed by atoms with van der Waals surface area (Å²) in [7, 11) is 0. The molecule has 16 heavy (non-hydrogen) atoms. The van der Waals surface area contributed by atoms with Crippen molar-refractivity contribution in [1.82, 2.24) is 9.88 Å². The van der Waals surface area contributed by atoms with Crippen LogP contribution in [0.25, 0.3) is 0 Å². The molecule has 2 N–H and O–H groups in total. The average molecular weight is 224 g/mol. The fourth-order valence-corrected chi connectivity index (χ4v) is 1.53. The van der Waals surface area contributed by atoms with E-state index in [0.717, 1.165) is 12.0 Å². The first kappa shape index (κ1) is 12.3. The number of aryl methyl sites for hydroxylation is 1. The summed E-state index contributed by atoms with van der Waals surface area (Å²) in [6.07, 6.45) is 4.06. The second-order valence-corrected chi connectivity index (χ2v) is 3.67. The van der Waals surface area contributed by atoms with Gasteiger partial charge in [-0.15, -0.1) is 0 Å². The Kier molecular flexibility index (Phi) is 4.10. The van der Waals surface area contributed by atoms with E-state index >= 15 is 0 Å². The number of aliphatic carboxylic acids is 1. The van der Waals surface area contributed by atoms with Crippen molar-refractivity contribution >= 4 is 11.9 Å². The summed E-state index contributed by atoms with van der Waals surface area (Å²) >= 11 is 0. The zero-order valence-corrected chi connectivity index (χ0v) is 9.49. The molecule has 0 aliphatic carbocycles. The Morgan fingerprint density at radius 2 is 2.12 bits per heavy atom. The number of nitrogens with zero attached hydrogens (tertiary/aromatic N) is 1. The first-order valence-electron chi connectivity index (χ1n) is 5.20. The first-order chi connectivity index (χ1) is 7.56. The molecule has 0 saturated carbocycles. The molecule has 0 aromatic carbocycles. The maximum absolute atomic E-state index is 12.0. The van der Waals surface area contributed by atoms with Crippen molar-refractivity contribution in [2.45, 2.75) is 20.3 Å². The highest BCUT2D eigenvalue weighted by Gasteiger charge is 2.19. The summed E-state index contributed by atoms with van der Waals surface area (Å²) in [6.45, 7) is 3.92. The molecule has 5 heteroatoms. The number of carbonyl (C=O) groups excluding carboxylic acids is 1. The SMILES string of the molecule is CCCN(CC(=O)O)C(=O)c1c[nH]cc1C. The third-order valence-electron chi connectivity index (χ3n) is 2.29. The lowest BCUT2D eigenvalue weighted by Crippen LogP contribution is -2.36. The van der Waals surface area contributed by atoms with E-state index < -0.39 is 5.97 Å². The van der Waals surface area contributed by atoms with Crippen molar-refractivity contribution in [2.24, 2.45) is 0 Å². The van der Waals surface area contributed by atoms with Gasteiger partial charge in [0.25, 0.3) is 5.91 Å². The fraction of sp³-hybridized carbons (Fsp3) is 0.455. The number of aromatic nitrogens is 1. The van der Waals surface area contributed by atoms with E-state index in [1.165, 1.54) is 4.90 Å². The summed E-state index contributed by atoms with van der Waals surface area (Å²) in [4.78, 5) is 26.8. The van der Waals surface area contributed by atoms with Gasteiger partial charge in [0.1, 0.15) is 6.54 Å². The molecule has 1 aromatic rings. The summed E-state index contributed by atoms with van der Waals surface area (Å²) in [6, 6.07) is 0. The van der Waals surface area contributed by atoms with Crippen LogP contribution in [0.15, 0.2) is 12.4 Å². The van der Waals surface area contributed by atoms with E-state index in [1.54, 1.807) is 12.4 Å². The minimum atomic E-state index is -0.991. The molecular formula is C11H16N2O3. The number of amides is 1. The molecule has 0 atom stereocenters. The molecule has 0 spiro atoms. The third kappa shape index (κ3) is 2.85. The summed E-state index contributed by atoms with van der Waals surface area (Å²) in [5.41, 5.74) is 1.37. The van der Waals surface area contributed by atoms with Crippen LogP contribution in [0.2, 0.25) is 0 Å². The molecule has 0 unspecified atom stereocenters. The van der Waals surface area contributed by atoms with Gasteiger partial charge in [0.15, 0.2) is 0 Å². The van der Waals surface area contributed by atoms with Crippen LogP contribution in [0, 0.1) is 6.92 Å². The predicted octanol–water partition coefficient (Wildman–Crippen LogP) is 1.26. The molecular weight excluding hydrogens is 208 g/mol. The molecule has 0 bridgehead atoms. The number of hydrogen-bond donors (Lipinski definition) is 2. The Labute approximate surface area is 94.1 Å². The van der Waals surface area contributed by atoms with E-state index in [2.05, 4.69) is 4.98 Å². The molecule has 0 aliphatic rings. The molecule has 1 heterocycles. The van der Waals surface area contributed by atoms with Crippen molar-refractivity contribution in [1.29, 1.82) is 0 Å². The number of nitrogens with one attached hydrogen (secondary N) is 1. The molecule has 0 saturated heterocycles. The zero-order chi connectivity index (χ0) is 12.1. The maximum Gasteiger partial charge on any atom is 0.323 e. The second kappa shape index (κ2) is 5.34. The van der Waals surface area contributed by atoms with Crippen LogP contribution in [0.4, 0.5) is 0 Å². The molecule has 1 rings (SSSR count). The monoisotopic (exact) mass is 224 g/mol. The van der Waals surface area contributed by atoms with Crippen LogP contribution >= 0.6 is 0 Å². The minimum absolute atomic E-state index is 0.233. The number of aromatic amines is 1. The standard InChI is InChI=1S/C11H16N2O3/c1-3-4-13(7-10(14)15)11(16)9-6-12-5-8(9)2/h5-6,12H,3-4,7H2,1-2H3,(H,14,15). The fourth-order valence-electron chi connectivity index (χ4n) is 1.53. The molecule has 0 aliphatic heterocycles. The molecule has 88 valence electrons. The largest absolute Gasteiger partial charge is 0.480 e. The van der Waals surface area contributed by atoms with Crippen LogP contribution in [0.5, 0.6) is 0 Å². The molecule has 0 radical (unpaired) electrons. The van der Waals surface area contributed by atoms with Gasteiger partial charge in [0.05, 0.1) is 5.56 Å². The lowest BCUT2D eigenvalue weighted by molar-refractivity contribution is -0.137. The van der Waals surface area contributed by atoms with E-state index in [-0.39, 0.29) is 12.5 Å². The number of carboxylic acids is 1. The van der Waals surface area contributed by atoms with Gasteiger partial charge < -0.3 is 15.0 Å². The zero-order valence-electron chi connectivity index (χ0n) is 9.49. The number of rotatable bonds is 5. The van der Waals surface area contributed by atoms with Crippen molar-refractivity contribution in [3.05, 3.63) is 23.5 Å². The lowest BCUT2D eigenvalue weighted by Gasteiger charge is -2.19. The predicted molar refractivity (Wildman–Crippen MR) is 59.4 cm³/mol. The van der Waals surface area contributed by atoms with Crippen LogP contribution < -0.4 is 0 Å². The van der Waals surface area contributed by atoms with Crippen molar-refractivity contribution in [3.63, 3.8) is 0 Å². The normalized spacial score (nSPS) is 10.1. The number of hydrogen-bond acceptors (Lipinski definition) is 2. The third-order valence-corrected chi connectivity index (χ3v) is 2.29. The summed E-state index contributed by atoms with van der Waals surface area (Å²) in [5.74, 6) is -1.22. The van der Waals surface area contributed by atoms with Crippen molar-refractivity contribution in [2.75, 3.05) is 13.1 Å². The molecule has 1 aromatic heterocycles. The highest BCUT2D eigenvalue weighted by molar-refractivity contribution is 5.96. The molecule has 1 amide bonds. The highest BCUT2D eigenvalue weighted by atomic mass is 16.4. The van der Waals surface area contributed by atoms with Crippen molar-refractivity contribution < 1.29 is 14.7 Å². The Balaban J connectivity index is 2.82. The van der Waals surface area contributed by atoms with Gasteiger partial charge in [-0.2, -0.15) is 0 Å². The van der Waals surface area contributed by atoms with Gasteiger partial charge in [-0.25, -0.2) is 0 Å². The van der Waals surface area contributed by atoms with Crippen LogP contribution in [0.3, 0.4) is 0 Å². The van der Waals surface area contributed by atoms with Gasteiger partial charge in [0, 0.05) is 18.9 Å². The van der Waals surface area contributed by atoms with E-state index in [9.17, 15) is 9.59 Å².